The molecular weight excluding hydrogens is 208 g/mol. The highest BCUT2D eigenvalue weighted by Gasteiger charge is 2.13. The van der Waals surface area contributed by atoms with Crippen molar-refractivity contribution in [3.8, 4) is 0 Å². The van der Waals surface area contributed by atoms with Crippen LogP contribution < -0.4 is 0 Å². The fraction of sp³-hybridized carbons (Fsp3) is 0.333. The smallest absolute Gasteiger partial charge is 0.135 e. The predicted molar refractivity (Wildman–Crippen MR) is 61.0 cm³/mol. The van der Waals surface area contributed by atoms with E-state index in [1.165, 1.54) is 5.56 Å². The lowest BCUT2D eigenvalue weighted by Crippen LogP contribution is -1.99. The second-order valence-electron chi connectivity index (χ2n) is 3.65. The van der Waals surface area contributed by atoms with E-state index in [2.05, 4.69) is 16.8 Å². The van der Waals surface area contributed by atoms with Crippen molar-refractivity contribution in [1.82, 2.24) is 0 Å². The standard InChI is InChI=1S/C12H14O2S/c1-9-4-6-14-12(9)11(13)3-2-10-5-7-15-8-10/h4-8,11,13H,2-3H2,1H3. The lowest BCUT2D eigenvalue weighted by atomic mass is 10.1. The van der Waals surface area contributed by atoms with Gasteiger partial charge in [0.1, 0.15) is 11.9 Å². The molecule has 3 heteroatoms. The molecule has 1 unspecified atom stereocenters. The van der Waals surface area contributed by atoms with Gasteiger partial charge in [-0.1, -0.05) is 0 Å². The Balaban J connectivity index is 1.93. The molecule has 0 spiro atoms. The average Bonchev–Trinajstić information content (AvgIpc) is 2.84. The topological polar surface area (TPSA) is 33.4 Å². The van der Waals surface area contributed by atoms with E-state index in [1.54, 1.807) is 17.6 Å². The van der Waals surface area contributed by atoms with E-state index < -0.39 is 6.10 Å². The number of hydrogen-bond acceptors (Lipinski definition) is 3. The highest BCUT2D eigenvalue weighted by atomic mass is 32.1. The summed E-state index contributed by atoms with van der Waals surface area (Å²) < 4.78 is 5.25. The summed E-state index contributed by atoms with van der Waals surface area (Å²) in [4.78, 5) is 0. The molecule has 0 saturated heterocycles. The van der Waals surface area contributed by atoms with Crippen LogP contribution in [0.2, 0.25) is 0 Å². The van der Waals surface area contributed by atoms with Gasteiger partial charge < -0.3 is 9.52 Å². The zero-order chi connectivity index (χ0) is 10.7. The maximum atomic E-state index is 9.90. The number of rotatable bonds is 4. The monoisotopic (exact) mass is 222 g/mol. The molecule has 80 valence electrons. The molecule has 0 aromatic carbocycles. The van der Waals surface area contributed by atoms with Crippen LogP contribution in [0.3, 0.4) is 0 Å². The Hall–Kier alpha value is -1.06. The minimum atomic E-state index is -0.486. The largest absolute Gasteiger partial charge is 0.466 e. The fourth-order valence-electron chi connectivity index (χ4n) is 1.60. The first-order chi connectivity index (χ1) is 7.27. The quantitative estimate of drug-likeness (QED) is 0.861. The molecule has 2 nitrogen and oxygen atoms in total. The van der Waals surface area contributed by atoms with Gasteiger partial charge >= 0.3 is 0 Å². The Morgan fingerprint density at radius 1 is 1.47 bits per heavy atom. The van der Waals surface area contributed by atoms with Gasteiger partial charge in [-0.05, 0) is 53.8 Å². The first-order valence-electron chi connectivity index (χ1n) is 5.00. The lowest BCUT2D eigenvalue weighted by molar-refractivity contribution is 0.139. The van der Waals surface area contributed by atoms with E-state index in [-0.39, 0.29) is 0 Å². The molecule has 0 aliphatic rings. The third kappa shape index (κ3) is 2.49. The normalized spacial score (nSPS) is 12.9. The van der Waals surface area contributed by atoms with Crippen molar-refractivity contribution in [1.29, 1.82) is 0 Å². The number of furan rings is 1. The summed E-state index contributed by atoms with van der Waals surface area (Å²) in [5, 5.41) is 14.1. The first-order valence-corrected chi connectivity index (χ1v) is 5.95. The van der Waals surface area contributed by atoms with E-state index in [0.717, 1.165) is 12.0 Å². The van der Waals surface area contributed by atoms with Gasteiger partial charge in [0.25, 0.3) is 0 Å². The Kier molecular flexibility index (Phi) is 3.23. The Morgan fingerprint density at radius 2 is 2.33 bits per heavy atom. The van der Waals surface area contributed by atoms with E-state index in [4.69, 9.17) is 4.42 Å². The van der Waals surface area contributed by atoms with Crippen LogP contribution in [0, 0.1) is 6.92 Å². The molecule has 0 aliphatic heterocycles. The van der Waals surface area contributed by atoms with Crippen molar-refractivity contribution in [3.05, 3.63) is 46.0 Å². The zero-order valence-electron chi connectivity index (χ0n) is 8.64. The molecule has 2 aromatic heterocycles. The number of aryl methyl sites for hydroxylation is 2. The predicted octanol–water partition coefficient (Wildman–Crippen LogP) is 3.32. The van der Waals surface area contributed by atoms with E-state index >= 15 is 0 Å². The zero-order valence-corrected chi connectivity index (χ0v) is 9.46. The summed E-state index contributed by atoms with van der Waals surface area (Å²) in [7, 11) is 0. The average molecular weight is 222 g/mol. The van der Waals surface area contributed by atoms with Crippen LogP contribution >= 0.6 is 11.3 Å². The molecule has 1 N–H and O–H groups in total. The fourth-order valence-corrected chi connectivity index (χ4v) is 2.30. The van der Waals surface area contributed by atoms with Gasteiger partial charge in [0, 0.05) is 0 Å². The highest BCUT2D eigenvalue weighted by Crippen LogP contribution is 2.23. The number of aliphatic hydroxyl groups excluding tert-OH is 1. The van der Waals surface area contributed by atoms with Crippen LogP contribution in [0.1, 0.15) is 29.4 Å². The summed E-state index contributed by atoms with van der Waals surface area (Å²) in [6.07, 6.45) is 2.74. The highest BCUT2D eigenvalue weighted by molar-refractivity contribution is 7.07. The van der Waals surface area contributed by atoms with Crippen molar-refractivity contribution < 1.29 is 9.52 Å². The van der Waals surface area contributed by atoms with E-state index in [9.17, 15) is 5.11 Å². The first kappa shape index (κ1) is 10.5. The molecule has 2 aromatic rings. The Bertz CT molecular complexity index is 403. The third-order valence-corrected chi connectivity index (χ3v) is 3.22. The second kappa shape index (κ2) is 4.64. The van der Waals surface area contributed by atoms with Gasteiger partial charge in [0.15, 0.2) is 0 Å². The minimum absolute atomic E-state index is 0.486. The molecular formula is C12H14O2S. The third-order valence-electron chi connectivity index (χ3n) is 2.49. The van der Waals surface area contributed by atoms with Gasteiger partial charge in [-0.15, -0.1) is 0 Å². The molecule has 15 heavy (non-hydrogen) atoms. The lowest BCUT2D eigenvalue weighted by Gasteiger charge is -2.07. The maximum Gasteiger partial charge on any atom is 0.135 e. The SMILES string of the molecule is Cc1ccoc1C(O)CCc1ccsc1. The van der Waals surface area contributed by atoms with Crippen LogP contribution in [-0.2, 0) is 6.42 Å². The summed E-state index contributed by atoms with van der Waals surface area (Å²) in [5.41, 5.74) is 2.30. The molecule has 0 amide bonds. The summed E-state index contributed by atoms with van der Waals surface area (Å²) in [6, 6.07) is 3.97. The van der Waals surface area contributed by atoms with Gasteiger partial charge in [0.2, 0.25) is 0 Å². The number of thiophene rings is 1. The number of hydrogen-bond donors (Lipinski definition) is 1. The van der Waals surface area contributed by atoms with E-state index in [1.807, 2.05) is 13.0 Å². The van der Waals surface area contributed by atoms with Crippen molar-refractivity contribution in [2.24, 2.45) is 0 Å². The van der Waals surface area contributed by atoms with Crippen LogP contribution in [0.5, 0.6) is 0 Å². The molecule has 0 bridgehead atoms. The minimum Gasteiger partial charge on any atom is -0.466 e. The summed E-state index contributed by atoms with van der Waals surface area (Å²) in [6.45, 7) is 1.95. The molecule has 2 heterocycles. The maximum absolute atomic E-state index is 9.90. The molecule has 0 saturated carbocycles. The van der Waals surface area contributed by atoms with Gasteiger partial charge in [-0.2, -0.15) is 11.3 Å². The van der Waals surface area contributed by atoms with Crippen LogP contribution in [0.25, 0.3) is 0 Å². The van der Waals surface area contributed by atoms with Crippen molar-refractivity contribution in [2.45, 2.75) is 25.9 Å². The van der Waals surface area contributed by atoms with Gasteiger partial charge in [-0.25, -0.2) is 0 Å². The molecule has 2 rings (SSSR count). The molecule has 0 radical (unpaired) electrons. The Labute approximate surface area is 93.2 Å². The molecule has 0 fully saturated rings. The van der Waals surface area contributed by atoms with Crippen molar-refractivity contribution >= 4 is 11.3 Å². The summed E-state index contributed by atoms with van der Waals surface area (Å²) in [5.74, 6) is 0.699. The van der Waals surface area contributed by atoms with Crippen LogP contribution in [-0.4, -0.2) is 5.11 Å². The number of aliphatic hydroxyl groups is 1. The van der Waals surface area contributed by atoms with E-state index in [0.29, 0.717) is 12.2 Å². The van der Waals surface area contributed by atoms with Crippen molar-refractivity contribution in [2.75, 3.05) is 0 Å². The van der Waals surface area contributed by atoms with Crippen LogP contribution in [0.15, 0.2) is 33.6 Å². The van der Waals surface area contributed by atoms with Crippen LogP contribution in [0.4, 0.5) is 0 Å². The molecule has 1 atom stereocenters. The van der Waals surface area contributed by atoms with Gasteiger partial charge in [0.05, 0.1) is 6.26 Å². The van der Waals surface area contributed by atoms with Crippen molar-refractivity contribution in [3.63, 3.8) is 0 Å². The second-order valence-corrected chi connectivity index (χ2v) is 4.43. The van der Waals surface area contributed by atoms with Gasteiger partial charge in [-0.3, -0.25) is 0 Å². The summed E-state index contributed by atoms with van der Waals surface area (Å²) >= 11 is 1.69. The molecule has 0 aliphatic carbocycles. The Morgan fingerprint density at radius 3 is 2.93 bits per heavy atom.